The second-order valence-corrected chi connectivity index (χ2v) is 3.35. The Hall–Kier alpha value is -0.875. The van der Waals surface area contributed by atoms with E-state index in [9.17, 15) is 9.59 Å². The van der Waals surface area contributed by atoms with Crippen LogP contribution in [0.15, 0.2) is 0 Å². The van der Waals surface area contributed by atoms with E-state index in [0.29, 0.717) is 0 Å². The van der Waals surface area contributed by atoms with E-state index in [1.807, 2.05) is 0 Å². The van der Waals surface area contributed by atoms with Gasteiger partial charge in [0.1, 0.15) is 5.78 Å². The van der Waals surface area contributed by atoms with E-state index in [2.05, 4.69) is 4.74 Å². The van der Waals surface area contributed by atoms with Crippen LogP contribution in [-0.2, 0) is 14.3 Å². The number of hydrogen-bond acceptors (Lipinski definition) is 5. The Morgan fingerprint density at radius 3 is 2.46 bits per heavy atom. The summed E-state index contributed by atoms with van der Waals surface area (Å²) >= 11 is 0. The van der Waals surface area contributed by atoms with E-state index in [1.54, 1.807) is 0 Å². The minimum absolute atomic E-state index is 0.0500. The molecule has 0 aliphatic heterocycles. The standard InChI is InChI=1S/C7H11BO5/c1-13-6(10)7(4-8(11)12)2-5(9)3-7/h11-12H,2-4H2,1H3. The molecule has 1 aliphatic rings. The molecule has 0 amide bonds. The second-order valence-electron chi connectivity index (χ2n) is 3.35. The molecule has 0 atom stereocenters. The van der Waals surface area contributed by atoms with Crippen molar-refractivity contribution in [2.24, 2.45) is 5.41 Å². The summed E-state index contributed by atoms with van der Waals surface area (Å²) in [6.07, 6.45) is -0.0278. The van der Waals surface area contributed by atoms with Crippen molar-refractivity contribution in [3.63, 3.8) is 0 Å². The number of methoxy groups -OCH3 is 1. The first-order valence-electron chi connectivity index (χ1n) is 3.96. The fourth-order valence-corrected chi connectivity index (χ4v) is 1.64. The first-order chi connectivity index (χ1) is 6.00. The van der Waals surface area contributed by atoms with Gasteiger partial charge in [-0.15, -0.1) is 0 Å². The van der Waals surface area contributed by atoms with Gasteiger partial charge >= 0.3 is 13.1 Å². The SMILES string of the molecule is COC(=O)C1(CB(O)O)CC(=O)C1. The number of hydrogen-bond donors (Lipinski definition) is 2. The van der Waals surface area contributed by atoms with Crippen molar-refractivity contribution in [3.05, 3.63) is 0 Å². The predicted octanol–water partition coefficient (Wildman–Crippen LogP) is -1.02. The van der Waals surface area contributed by atoms with Crippen LogP contribution >= 0.6 is 0 Å². The Labute approximate surface area is 75.8 Å². The van der Waals surface area contributed by atoms with Crippen molar-refractivity contribution < 1.29 is 24.4 Å². The molecule has 1 fully saturated rings. The van der Waals surface area contributed by atoms with Gasteiger partial charge in [0.15, 0.2) is 0 Å². The first kappa shape index (κ1) is 10.2. The molecule has 0 aromatic heterocycles. The molecule has 0 unspecified atom stereocenters. The fourth-order valence-electron chi connectivity index (χ4n) is 1.64. The smallest absolute Gasteiger partial charge is 0.452 e. The van der Waals surface area contributed by atoms with Gasteiger partial charge in [-0.1, -0.05) is 0 Å². The lowest BCUT2D eigenvalue weighted by Crippen LogP contribution is -2.47. The molecular weight excluding hydrogens is 175 g/mol. The number of esters is 1. The van der Waals surface area contributed by atoms with Crippen LogP contribution in [0.1, 0.15) is 12.8 Å². The van der Waals surface area contributed by atoms with Gasteiger partial charge in [-0.25, -0.2) is 0 Å². The van der Waals surface area contributed by atoms with E-state index >= 15 is 0 Å². The van der Waals surface area contributed by atoms with Crippen molar-refractivity contribution in [2.45, 2.75) is 19.2 Å². The molecule has 0 spiro atoms. The zero-order valence-corrected chi connectivity index (χ0v) is 7.32. The Morgan fingerprint density at radius 2 is 2.15 bits per heavy atom. The Bertz CT molecular complexity index is 229. The van der Waals surface area contributed by atoms with Gasteiger partial charge in [0.2, 0.25) is 0 Å². The van der Waals surface area contributed by atoms with Crippen molar-refractivity contribution in [1.82, 2.24) is 0 Å². The van der Waals surface area contributed by atoms with Gasteiger partial charge in [-0.05, 0) is 6.32 Å². The summed E-state index contributed by atoms with van der Waals surface area (Å²) in [5.74, 6) is -0.591. The zero-order chi connectivity index (χ0) is 10.1. The van der Waals surface area contributed by atoms with Gasteiger partial charge in [-0.2, -0.15) is 0 Å². The summed E-state index contributed by atoms with van der Waals surface area (Å²) in [7, 11) is -0.358. The van der Waals surface area contributed by atoms with Gasteiger partial charge in [0.25, 0.3) is 0 Å². The summed E-state index contributed by atoms with van der Waals surface area (Å²) in [6, 6.07) is 0. The lowest BCUT2D eigenvalue weighted by atomic mass is 9.57. The highest BCUT2D eigenvalue weighted by Crippen LogP contribution is 2.43. The highest BCUT2D eigenvalue weighted by Gasteiger charge is 2.52. The van der Waals surface area contributed by atoms with Crippen molar-refractivity contribution in [2.75, 3.05) is 7.11 Å². The van der Waals surface area contributed by atoms with Crippen LogP contribution in [0.3, 0.4) is 0 Å². The molecular formula is C7H11BO5. The summed E-state index contributed by atoms with van der Waals surface area (Å²) in [5.41, 5.74) is -0.986. The molecule has 72 valence electrons. The summed E-state index contributed by atoms with van der Waals surface area (Å²) in [6.45, 7) is 0. The maximum Gasteiger partial charge on any atom is 0.452 e. The molecule has 2 N–H and O–H groups in total. The molecule has 0 saturated heterocycles. The quantitative estimate of drug-likeness (QED) is 0.435. The van der Waals surface area contributed by atoms with Crippen LogP contribution in [0.5, 0.6) is 0 Å². The van der Waals surface area contributed by atoms with Gasteiger partial charge < -0.3 is 14.8 Å². The molecule has 1 saturated carbocycles. The van der Waals surface area contributed by atoms with Crippen molar-refractivity contribution in [3.8, 4) is 0 Å². The van der Waals surface area contributed by atoms with E-state index in [1.165, 1.54) is 7.11 Å². The molecule has 6 heteroatoms. The Balaban J connectivity index is 2.66. The number of Topliss-reactive ketones (excluding diaryl/α,β-unsaturated/α-hetero) is 1. The van der Waals surface area contributed by atoms with E-state index < -0.39 is 18.5 Å². The Kier molecular flexibility index (Phi) is 2.73. The average Bonchev–Trinajstić information content (AvgIpc) is 1.98. The third-order valence-corrected chi connectivity index (χ3v) is 2.26. The van der Waals surface area contributed by atoms with Crippen molar-refractivity contribution in [1.29, 1.82) is 0 Å². The number of carbonyl (C=O) groups excluding carboxylic acids is 2. The Morgan fingerprint density at radius 1 is 1.62 bits per heavy atom. The number of rotatable bonds is 3. The third-order valence-electron chi connectivity index (χ3n) is 2.26. The molecule has 1 rings (SSSR count). The maximum absolute atomic E-state index is 11.2. The number of ether oxygens (including phenoxy) is 1. The molecule has 0 bridgehead atoms. The van der Waals surface area contributed by atoms with Crippen LogP contribution in [-0.4, -0.2) is 36.0 Å². The van der Waals surface area contributed by atoms with Crippen LogP contribution in [0.4, 0.5) is 0 Å². The van der Waals surface area contributed by atoms with Gasteiger partial charge in [0.05, 0.1) is 12.5 Å². The fraction of sp³-hybridized carbons (Fsp3) is 0.714. The van der Waals surface area contributed by atoms with E-state index in [4.69, 9.17) is 10.0 Å². The normalized spacial score (nSPS) is 19.2. The number of carbonyl (C=O) groups is 2. The first-order valence-corrected chi connectivity index (χ1v) is 3.96. The summed E-state index contributed by atoms with van der Waals surface area (Å²) in [5, 5.41) is 17.4. The summed E-state index contributed by atoms with van der Waals surface area (Å²) in [4.78, 5) is 21.9. The molecule has 0 aromatic rings. The zero-order valence-electron chi connectivity index (χ0n) is 7.32. The van der Waals surface area contributed by atoms with Gasteiger partial charge in [-0.3, -0.25) is 9.59 Å². The molecule has 5 nitrogen and oxygen atoms in total. The van der Waals surface area contributed by atoms with Crippen LogP contribution in [0.25, 0.3) is 0 Å². The molecule has 0 heterocycles. The predicted molar refractivity (Wildman–Crippen MR) is 43.7 cm³/mol. The molecule has 0 aromatic carbocycles. The van der Waals surface area contributed by atoms with E-state index in [0.717, 1.165) is 0 Å². The monoisotopic (exact) mass is 186 g/mol. The molecule has 1 aliphatic carbocycles. The highest BCUT2D eigenvalue weighted by atomic mass is 16.5. The van der Waals surface area contributed by atoms with Gasteiger partial charge in [0, 0.05) is 12.8 Å². The lowest BCUT2D eigenvalue weighted by Gasteiger charge is -2.37. The topological polar surface area (TPSA) is 83.8 Å². The second kappa shape index (κ2) is 3.47. The third kappa shape index (κ3) is 1.89. The van der Waals surface area contributed by atoms with Crippen LogP contribution in [0, 0.1) is 5.41 Å². The van der Waals surface area contributed by atoms with E-state index in [-0.39, 0.29) is 24.9 Å². The van der Waals surface area contributed by atoms with Crippen LogP contribution in [0.2, 0.25) is 6.32 Å². The average molecular weight is 186 g/mol. The number of ketones is 1. The summed E-state index contributed by atoms with van der Waals surface area (Å²) < 4.78 is 4.49. The highest BCUT2D eigenvalue weighted by molar-refractivity contribution is 6.42. The molecule has 0 radical (unpaired) electrons. The largest absolute Gasteiger partial charge is 0.469 e. The van der Waals surface area contributed by atoms with Crippen molar-refractivity contribution >= 4 is 18.9 Å². The lowest BCUT2D eigenvalue weighted by molar-refractivity contribution is -0.162. The van der Waals surface area contributed by atoms with Crippen LogP contribution < -0.4 is 0 Å². The minimum atomic E-state index is -1.58. The molecule has 13 heavy (non-hydrogen) atoms. The maximum atomic E-state index is 11.2. The minimum Gasteiger partial charge on any atom is -0.469 e.